The zero-order chi connectivity index (χ0) is 12.5. The topological polar surface area (TPSA) is 59.0 Å². The van der Waals surface area contributed by atoms with E-state index in [0.29, 0.717) is 0 Å². The average Bonchev–Trinajstić information content (AvgIpc) is 2.29. The van der Waals surface area contributed by atoms with Gasteiger partial charge in [0, 0.05) is 12.1 Å². The van der Waals surface area contributed by atoms with Gasteiger partial charge < -0.3 is 0 Å². The molecule has 1 aromatic rings. The summed E-state index contributed by atoms with van der Waals surface area (Å²) in [6, 6.07) is -1.49. The first kappa shape index (κ1) is 3.32. The average molecular weight is 157 g/mol. The number of hydrogen-bond acceptors (Lipinski definition) is 2. The third kappa shape index (κ3) is 2.35. The number of hydrazine groups is 1. The summed E-state index contributed by atoms with van der Waals surface area (Å²) in [5.41, 5.74) is 1.83. The van der Waals surface area contributed by atoms with Crippen LogP contribution in [0.1, 0.15) is 6.85 Å². The molecule has 0 spiro atoms. The second-order valence-corrected chi connectivity index (χ2v) is 1.75. The molecule has 0 aliphatic heterocycles. The molecule has 4 nitrogen and oxygen atoms in total. The van der Waals surface area contributed by atoms with Crippen LogP contribution >= 0.6 is 0 Å². The number of aromatic nitrogens is 1. The van der Waals surface area contributed by atoms with E-state index in [1.54, 1.807) is 0 Å². The Kier molecular flexibility index (Phi) is 1.11. The van der Waals surface area contributed by atoms with E-state index in [9.17, 15) is 4.79 Å². The summed E-state index contributed by atoms with van der Waals surface area (Å²) in [5.74, 6) is 4.21. The van der Waals surface area contributed by atoms with Gasteiger partial charge >= 0.3 is 0 Å². The van der Waals surface area contributed by atoms with Crippen molar-refractivity contribution < 1.29 is 16.2 Å². The minimum Gasteiger partial charge on any atom is -0.289 e. The standard InChI is InChI=1S/C7H9N3O/c8-9-7(11)6-10-4-2-1-3-5-10/h1-5H,6,8H2/p+1/i1D,2D,3D,4D,5D. The molecule has 11 heavy (non-hydrogen) atoms. The SMILES string of the molecule is [2H]c1c([2H])c([2H])[n+](CC(=O)NN)c([2H])c1[2H]. The van der Waals surface area contributed by atoms with Crippen molar-refractivity contribution in [3.05, 3.63) is 30.5 Å². The van der Waals surface area contributed by atoms with Crippen LogP contribution in [0.3, 0.4) is 0 Å². The quantitative estimate of drug-likeness (QED) is 0.249. The molecule has 1 rings (SSSR count). The number of amides is 1. The maximum atomic E-state index is 11.0. The number of rotatable bonds is 2. The van der Waals surface area contributed by atoms with E-state index in [0.717, 1.165) is 4.57 Å². The molecule has 0 aromatic carbocycles. The maximum Gasteiger partial charge on any atom is 0.299 e. The van der Waals surface area contributed by atoms with Gasteiger partial charge in [-0.25, -0.2) is 5.84 Å². The third-order valence-electron chi connectivity index (χ3n) is 0.969. The fourth-order valence-corrected chi connectivity index (χ4v) is 0.518. The molecule has 1 aromatic heterocycles. The fourth-order valence-electron chi connectivity index (χ4n) is 0.518. The van der Waals surface area contributed by atoms with E-state index in [4.69, 9.17) is 12.7 Å². The molecule has 0 saturated carbocycles. The molecule has 1 heterocycles. The number of hydrogen-bond donors (Lipinski definition) is 2. The van der Waals surface area contributed by atoms with Gasteiger partial charge in [-0.05, 0) is 0 Å². The predicted molar refractivity (Wildman–Crippen MR) is 39.0 cm³/mol. The van der Waals surface area contributed by atoms with E-state index in [-0.39, 0.29) is 0 Å². The first-order valence-corrected chi connectivity index (χ1v) is 2.86. The second-order valence-electron chi connectivity index (χ2n) is 1.75. The molecule has 1 amide bonds. The molecule has 0 aliphatic rings. The monoisotopic (exact) mass is 157 g/mol. The number of nitrogens with zero attached hydrogens (tertiary/aromatic N) is 1. The number of carbonyl (C=O) groups is 1. The van der Waals surface area contributed by atoms with E-state index < -0.39 is 42.9 Å². The minimum atomic E-state index is -0.650. The molecular formula is C7H10N3O+. The lowest BCUT2D eigenvalue weighted by Gasteiger charge is -1.93. The second kappa shape index (κ2) is 3.68. The van der Waals surface area contributed by atoms with Gasteiger partial charge in [0.15, 0.2) is 12.3 Å². The van der Waals surface area contributed by atoms with Crippen LogP contribution in [-0.2, 0) is 11.3 Å². The van der Waals surface area contributed by atoms with Gasteiger partial charge in [-0.15, -0.1) is 0 Å². The first-order valence-electron chi connectivity index (χ1n) is 5.36. The van der Waals surface area contributed by atoms with Crippen molar-refractivity contribution in [3.63, 3.8) is 0 Å². The van der Waals surface area contributed by atoms with E-state index in [2.05, 4.69) is 0 Å². The highest BCUT2D eigenvalue weighted by Crippen LogP contribution is 1.75. The maximum absolute atomic E-state index is 11.0. The Hall–Kier alpha value is -1.42. The summed E-state index contributed by atoms with van der Waals surface area (Å²) in [4.78, 5) is 11.0. The van der Waals surface area contributed by atoms with Gasteiger partial charge in [0.05, 0.1) is 4.11 Å². The first-order chi connectivity index (χ1) is 7.40. The molecule has 4 heteroatoms. The van der Waals surface area contributed by atoms with Crippen molar-refractivity contribution >= 4 is 5.91 Å². The summed E-state index contributed by atoms with van der Waals surface area (Å²) in [7, 11) is 0. The van der Waals surface area contributed by atoms with Gasteiger partial charge in [-0.2, -0.15) is 4.57 Å². The van der Waals surface area contributed by atoms with Crippen LogP contribution in [0.4, 0.5) is 0 Å². The summed E-state index contributed by atoms with van der Waals surface area (Å²) >= 11 is 0. The molecule has 0 bridgehead atoms. The van der Waals surface area contributed by atoms with Gasteiger partial charge in [-0.3, -0.25) is 10.2 Å². The Morgan fingerprint density at radius 2 is 2.18 bits per heavy atom. The van der Waals surface area contributed by atoms with Crippen LogP contribution < -0.4 is 15.8 Å². The van der Waals surface area contributed by atoms with Crippen LogP contribution in [0.15, 0.2) is 30.5 Å². The van der Waals surface area contributed by atoms with E-state index in [1.807, 2.05) is 5.43 Å². The van der Waals surface area contributed by atoms with Crippen LogP contribution in [0.25, 0.3) is 0 Å². The highest BCUT2D eigenvalue weighted by atomic mass is 16.2. The van der Waals surface area contributed by atoms with Crippen LogP contribution in [-0.4, -0.2) is 5.91 Å². The van der Waals surface area contributed by atoms with Crippen molar-refractivity contribution in [1.82, 2.24) is 5.43 Å². The Balaban J connectivity index is 3.34. The molecule has 0 fully saturated rings. The highest BCUT2D eigenvalue weighted by Gasteiger charge is 2.04. The highest BCUT2D eigenvalue weighted by molar-refractivity contribution is 5.73. The molecule has 0 unspecified atom stereocenters. The molecule has 0 radical (unpaired) electrons. The van der Waals surface area contributed by atoms with E-state index >= 15 is 0 Å². The normalized spacial score (nSPS) is 15.5. The van der Waals surface area contributed by atoms with Gasteiger partial charge in [0.25, 0.3) is 5.91 Å². The van der Waals surface area contributed by atoms with Crippen LogP contribution in [0.2, 0.25) is 0 Å². The predicted octanol–water partition coefficient (Wildman–Crippen LogP) is -1.04. The van der Waals surface area contributed by atoms with Crippen LogP contribution in [0, 0.1) is 0 Å². The van der Waals surface area contributed by atoms with Gasteiger partial charge in [-0.1, -0.05) is 6.04 Å². The lowest BCUT2D eigenvalue weighted by molar-refractivity contribution is -0.684. The Bertz CT molecular complexity index is 421. The lowest BCUT2D eigenvalue weighted by atomic mass is 10.4. The van der Waals surface area contributed by atoms with Crippen molar-refractivity contribution in [2.75, 3.05) is 0 Å². The van der Waals surface area contributed by atoms with Crippen molar-refractivity contribution in [1.29, 1.82) is 0 Å². The number of pyridine rings is 1. The largest absolute Gasteiger partial charge is 0.299 e. The zero-order valence-electron chi connectivity index (χ0n) is 10.6. The molecule has 0 saturated heterocycles. The third-order valence-corrected chi connectivity index (χ3v) is 0.969. The smallest absolute Gasteiger partial charge is 0.289 e. The lowest BCUT2D eigenvalue weighted by Crippen LogP contribution is -2.44. The molecule has 0 aliphatic carbocycles. The number of nitrogens with one attached hydrogen (secondary N) is 1. The summed E-state index contributed by atoms with van der Waals surface area (Å²) in [6.07, 6.45) is -0.927. The Morgan fingerprint density at radius 3 is 2.73 bits per heavy atom. The van der Waals surface area contributed by atoms with Gasteiger partial charge in [0.1, 0.15) is 2.74 Å². The fraction of sp³-hybridized carbons (Fsp3) is 0.143. The van der Waals surface area contributed by atoms with Crippen molar-refractivity contribution in [2.45, 2.75) is 6.54 Å². The minimum absolute atomic E-state index is 0.424. The molecule has 58 valence electrons. The van der Waals surface area contributed by atoms with Crippen molar-refractivity contribution in [3.8, 4) is 0 Å². The van der Waals surface area contributed by atoms with Gasteiger partial charge in [0.2, 0.25) is 6.54 Å². The number of carbonyl (C=O) groups excluding carboxylic acids is 1. The zero-order valence-corrected chi connectivity index (χ0v) is 5.64. The number of nitrogens with two attached hydrogens (primary N) is 1. The van der Waals surface area contributed by atoms with Crippen molar-refractivity contribution in [2.24, 2.45) is 5.84 Å². The Labute approximate surface area is 71.6 Å². The summed E-state index contributed by atoms with van der Waals surface area (Å²) < 4.78 is 37.8. The van der Waals surface area contributed by atoms with E-state index in [1.165, 1.54) is 0 Å². The van der Waals surface area contributed by atoms with Crippen LogP contribution in [0.5, 0.6) is 0 Å². The summed E-state index contributed by atoms with van der Waals surface area (Å²) in [5, 5.41) is 0. The molecular weight excluding hydrogens is 142 g/mol. The molecule has 3 N–H and O–H groups in total. The Morgan fingerprint density at radius 1 is 1.55 bits per heavy atom. The molecule has 0 atom stereocenters. The summed E-state index contributed by atoms with van der Waals surface area (Å²) in [6.45, 7) is -0.424.